The predicted octanol–water partition coefficient (Wildman–Crippen LogP) is 5.50. The molecule has 1 aromatic heterocycles. The third-order valence-corrected chi connectivity index (χ3v) is 9.76. The SMILES string of the molecule is COc1cccc(-c2ccc3c(c2)c(C#CCNS(=O)(=O)c2ccc(C)cc2)cn3S(=O)(=O)c2ccc(C)cc2)c1. The van der Waals surface area contributed by atoms with Gasteiger partial charge in [0.15, 0.2) is 0 Å². The zero-order valence-corrected chi connectivity index (χ0v) is 24.4. The van der Waals surface area contributed by atoms with Gasteiger partial charge in [0, 0.05) is 11.6 Å². The highest BCUT2D eigenvalue weighted by molar-refractivity contribution is 7.90. The average molecular weight is 585 g/mol. The number of aromatic nitrogens is 1. The number of aryl methyl sites for hydroxylation is 2. The minimum absolute atomic E-state index is 0.147. The number of hydrogen-bond acceptors (Lipinski definition) is 5. The Morgan fingerprint density at radius 2 is 1.41 bits per heavy atom. The summed E-state index contributed by atoms with van der Waals surface area (Å²) in [6.45, 7) is 3.62. The molecule has 5 aromatic rings. The van der Waals surface area contributed by atoms with Crippen molar-refractivity contribution in [2.24, 2.45) is 0 Å². The molecule has 0 aliphatic heterocycles. The average Bonchev–Trinajstić information content (AvgIpc) is 3.34. The van der Waals surface area contributed by atoms with E-state index in [2.05, 4.69) is 16.6 Å². The van der Waals surface area contributed by atoms with Gasteiger partial charge in [-0.25, -0.2) is 20.8 Å². The summed E-state index contributed by atoms with van der Waals surface area (Å²) in [5, 5.41) is 0.620. The largest absolute Gasteiger partial charge is 0.497 e. The van der Waals surface area contributed by atoms with Crippen LogP contribution in [-0.2, 0) is 20.0 Å². The van der Waals surface area contributed by atoms with Crippen molar-refractivity contribution in [1.29, 1.82) is 0 Å². The van der Waals surface area contributed by atoms with Gasteiger partial charge in [-0.05, 0) is 73.5 Å². The monoisotopic (exact) mass is 584 g/mol. The van der Waals surface area contributed by atoms with Crippen LogP contribution < -0.4 is 9.46 Å². The molecular weight excluding hydrogens is 556 g/mol. The van der Waals surface area contributed by atoms with Gasteiger partial charge in [0.25, 0.3) is 10.0 Å². The van der Waals surface area contributed by atoms with Crippen molar-refractivity contribution in [1.82, 2.24) is 8.69 Å². The molecule has 0 saturated heterocycles. The molecule has 0 atom stereocenters. The number of rotatable bonds is 7. The van der Waals surface area contributed by atoms with E-state index < -0.39 is 20.0 Å². The van der Waals surface area contributed by atoms with E-state index in [4.69, 9.17) is 4.74 Å². The number of nitrogens with zero attached hydrogens (tertiary/aromatic N) is 1. The first-order valence-electron chi connectivity index (χ1n) is 12.8. The van der Waals surface area contributed by atoms with Crippen LogP contribution in [-0.4, -0.2) is 34.5 Å². The summed E-state index contributed by atoms with van der Waals surface area (Å²) >= 11 is 0. The van der Waals surface area contributed by atoms with Gasteiger partial charge in [0.2, 0.25) is 10.0 Å². The molecule has 7 nitrogen and oxygen atoms in total. The van der Waals surface area contributed by atoms with E-state index in [1.54, 1.807) is 49.6 Å². The summed E-state index contributed by atoms with van der Waals surface area (Å²) in [4.78, 5) is 0.302. The Labute approximate surface area is 240 Å². The first-order valence-corrected chi connectivity index (χ1v) is 15.7. The van der Waals surface area contributed by atoms with Crippen LogP contribution in [0.25, 0.3) is 22.0 Å². The summed E-state index contributed by atoms with van der Waals surface area (Å²) in [5.74, 6) is 6.54. The predicted molar refractivity (Wildman–Crippen MR) is 161 cm³/mol. The molecule has 41 heavy (non-hydrogen) atoms. The van der Waals surface area contributed by atoms with Crippen LogP contribution in [0.3, 0.4) is 0 Å². The van der Waals surface area contributed by atoms with E-state index in [0.717, 1.165) is 22.3 Å². The highest BCUT2D eigenvalue weighted by Gasteiger charge is 2.21. The van der Waals surface area contributed by atoms with E-state index in [1.165, 1.54) is 22.3 Å². The Morgan fingerprint density at radius 1 is 0.780 bits per heavy atom. The van der Waals surface area contributed by atoms with Crippen LogP contribution >= 0.6 is 0 Å². The van der Waals surface area contributed by atoms with Crippen molar-refractivity contribution < 1.29 is 21.6 Å². The van der Waals surface area contributed by atoms with Gasteiger partial charge in [-0.3, -0.25) is 0 Å². The Morgan fingerprint density at radius 3 is 2.07 bits per heavy atom. The number of nitrogens with one attached hydrogen (secondary N) is 1. The number of benzene rings is 4. The molecule has 0 saturated carbocycles. The van der Waals surface area contributed by atoms with E-state index in [9.17, 15) is 16.8 Å². The molecule has 1 heterocycles. The van der Waals surface area contributed by atoms with Gasteiger partial charge in [0.1, 0.15) is 5.75 Å². The Balaban J connectivity index is 1.56. The number of ether oxygens (including phenoxy) is 1. The first kappa shape index (κ1) is 28.2. The van der Waals surface area contributed by atoms with Crippen molar-refractivity contribution in [3.63, 3.8) is 0 Å². The van der Waals surface area contributed by atoms with Crippen molar-refractivity contribution in [3.8, 4) is 28.7 Å². The second-order valence-electron chi connectivity index (χ2n) is 9.56. The fourth-order valence-electron chi connectivity index (χ4n) is 4.38. The molecule has 4 aromatic carbocycles. The van der Waals surface area contributed by atoms with E-state index >= 15 is 0 Å². The van der Waals surface area contributed by atoms with Gasteiger partial charge in [-0.2, -0.15) is 4.72 Å². The summed E-state index contributed by atoms with van der Waals surface area (Å²) in [6, 6.07) is 26.2. The van der Waals surface area contributed by atoms with Crippen LogP contribution in [0, 0.1) is 25.7 Å². The normalized spacial score (nSPS) is 11.7. The molecule has 0 aliphatic rings. The molecule has 0 fully saturated rings. The zero-order valence-electron chi connectivity index (χ0n) is 22.7. The van der Waals surface area contributed by atoms with Gasteiger partial charge in [-0.1, -0.05) is 65.4 Å². The third-order valence-electron chi connectivity index (χ3n) is 6.66. The molecule has 5 rings (SSSR count). The van der Waals surface area contributed by atoms with Crippen LogP contribution in [0.2, 0.25) is 0 Å². The third kappa shape index (κ3) is 5.91. The van der Waals surface area contributed by atoms with E-state index in [-0.39, 0.29) is 16.3 Å². The lowest BCUT2D eigenvalue weighted by Gasteiger charge is -2.09. The molecule has 1 N–H and O–H groups in total. The fourth-order valence-corrected chi connectivity index (χ4v) is 6.67. The van der Waals surface area contributed by atoms with Gasteiger partial charge >= 0.3 is 0 Å². The van der Waals surface area contributed by atoms with Gasteiger partial charge < -0.3 is 4.74 Å². The maximum atomic E-state index is 13.7. The highest BCUT2D eigenvalue weighted by Crippen LogP contribution is 2.31. The molecule has 0 spiro atoms. The maximum Gasteiger partial charge on any atom is 0.268 e. The molecule has 9 heteroatoms. The van der Waals surface area contributed by atoms with Crippen LogP contribution in [0.15, 0.2) is 107 Å². The minimum atomic E-state index is -3.93. The Hall–Kier alpha value is -4.36. The number of hydrogen-bond donors (Lipinski definition) is 1. The lowest BCUT2D eigenvalue weighted by atomic mass is 10.0. The van der Waals surface area contributed by atoms with Crippen molar-refractivity contribution in [2.75, 3.05) is 13.7 Å². The van der Waals surface area contributed by atoms with Gasteiger partial charge in [0.05, 0.1) is 34.5 Å². The minimum Gasteiger partial charge on any atom is -0.497 e. The van der Waals surface area contributed by atoms with E-state index in [0.29, 0.717) is 22.2 Å². The smallest absolute Gasteiger partial charge is 0.268 e. The van der Waals surface area contributed by atoms with Crippen LogP contribution in [0.4, 0.5) is 0 Å². The number of sulfonamides is 1. The number of fused-ring (bicyclic) bond motifs is 1. The maximum absolute atomic E-state index is 13.7. The highest BCUT2D eigenvalue weighted by atomic mass is 32.2. The van der Waals surface area contributed by atoms with Crippen molar-refractivity contribution in [3.05, 3.63) is 114 Å². The van der Waals surface area contributed by atoms with Crippen molar-refractivity contribution in [2.45, 2.75) is 23.6 Å². The lowest BCUT2D eigenvalue weighted by molar-refractivity contribution is 0.415. The number of methoxy groups -OCH3 is 1. The molecule has 0 bridgehead atoms. The first-order chi connectivity index (χ1) is 19.6. The lowest BCUT2D eigenvalue weighted by Crippen LogP contribution is -2.23. The molecule has 0 unspecified atom stereocenters. The summed E-state index contributed by atoms with van der Waals surface area (Å²) < 4.78 is 61.7. The summed E-state index contributed by atoms with van der Waals surface area (Å²) in [5.41, 5.74) is 4.56. The summed E-state index contributed by atoms with van der Waals surface area (Å²) in [6.07, 6.45) is 1.48. The topological polar surface area (TPSA) is 94.5 Å². The fraction of sp³-hybridized carbons (Fsp3) is 0.125. The molecule has 0 radical (unpaired) electrons. The van der Waals surface area contributed by atoms with Crippen molar-refractivity contribution >= 4 is 30.9 Å². The molecular formula is C32H28N2O5S2. The van der Waals surface area contributed by atoms with Crippen LogP contribution in [0.5, 0.6) is 5.75 Å². The second kappa shape index (κ2) is 11.3. The zero-order chi connectivity index (χ0) is 29.2. The molecule has 0 aliphatic carbocycles. The molecule has 0 amide bonds. The quantitative estimate of drug-likeness (QED) is 0.255. The molecule has 208 valence electrons. The van der Waals surface area contributed by atoms with E-state index in [1.807, 2.05) is 50.2 Å². The van der Waals surface area contributed by atoms with Crippen LogP contribution in [0.1, 0.15) is 16.7 Å². The summed E-state index contributed by atoms with van der Waals surface area (Å²) in [7, 11) is -6.08. The second-order valence-corrected chi connectivity index (χ2v) is 13.1. The Kier molecular flexibility index (Phi) is 7.74. The standard InChI is InChI=1S/C32H28N2O5S2/c1-23-9-14-29(15-10-23)40(35,36)33-19-5-7-27-22-34(41(37,38)30-16-11-24(2)12-17-30)32-18-13-26(21-31(27)32)25-6-4-8-28(20-25)39-3/h4,6,8-18,20-22,33H,19H2,1-3H3. The Bertz CT molecular complexity index is 2020. The van der Waals surface area contributed by atoms with Gasteiger partial charge in [-0.15, -0.1) is 0 Å².